The average Bonchev–Trinajstić information content (AvgIpc) is 2.48. The van der Waals surface area contributed by atoms with Crippen molar-refractivity contribution in [2.45, 2.75) is 38.3 Å². The Hall–Kier alpha value is -0.830. The number of nitrogens with one attached hydrogen (secondary N) is 1. The van der Waals surface area contributed by atoms with Crippen LogP contribution in [0.4, 0.5) is 0 Å². The number of aryl methyl sites for hydroxylation is 1. The molecule has 1 aliphatic rings. The van der Waals surface area contributed by atoms with Crippen LogP contribution >= 0.6 is 27.5 Å². The van der Waals surface area contributed by atoms with Crippen LogP contribution in [0.5, 0.6) is 0 Å². The van der Waals surface area contributed by atoms with Gasteiger partial charge in [0.25, 0.3) is 0 Å². The lowest BCUT2D eigenvalue weighted by Crippen LogP contribution is -2.36. The molecule has 1 nitrogen and oxygen atoms in total. The summed E-state index contributed by atoms with van der Waals surface area (Å²) in [6, 6.07) is 15.7. The average molecular weight is 365 g/mol. The molecule has 21 heavy (non-hydrogen) atoms. The lowest BCUT2D eigenvalue weighted by Gasteiger charge is -2.29. The van der Waals surface area contributed by atoms with Crippen LogP contribution in [0.25, 0.3) is 0 Å². The molecular formula is C18H19BrClN. The number of rotatable bonds is 3. The van der Waals surface area contributed by atoms with Gasteiger partial charge in [-0.25, -0.2) is 0 Å². The van der Waals surface area contributed by atoms with E-state index in [1.54, 1.807) is 0 Å². The van der Waals surface area contributed by atoms with E-state index in [-0.39, 0.29) is 0 Å². The Morgan fingerprint density at radius 3 is 2.67 bits per heavy atom. The summed E-state index contributed by atoms with van der Waals surface area (Å²) in [5, 5.41) is 4.55. The smallest absolute Gasteiger partial charge is 0.0406 e. The van der Waals surface area contributed by atoms with Gasteiger partial charge in [0.2, 0.25) is 0 Å². The molecule has 0 aromatic heterocycles. The number of fused-ring (bicyclic) bond motifs is 1. The summed E-state index contributed by atoms with van der Waals surface area (Å²) in [6.45, 7) is 2.22. The second-order valence-corrected chi connectivity index (χ2v) is 7.14. The van der Waals surface area contributed by atoms with Crippen molar-refractivity contribution in [3.63, 3.8) is 0 Å². The number of halogens is 2. The van der Waals surface area contributed by atoms with Crippen molar-refractivity contribution in [1.82, 2.24) is 5.32 Å². The standard InChI is InChI=1S/C18H19BrClN/c1-12(13-3-7-17(20)8-4-13)21-18-9-5-14-10-16(19)6-2-15(14)11-18/h2-4,6-8,10,12,18,21H,5,9,11H2,1H3. The molecule has 1 N–H and O–H groups in total. The summed E-state index contributed by atoms with van der Waals surface area (Å²) in [4.78, 5) is 0. The second-order valence-electron chi connectivity index (χ2n) is 5.79. The maximum absolute atomic E-state index is 5.95. The predicted molar refractivity (Wildman–Crippen MR) is 93.0 cm³/mol. The summed E-state index contributed by atoms with van der Waals surface area (Å²) < 4.78 is 1.18. The van der Waals surface area contributed by atoms with Gasteiger partial charge in [-0.1, -0.05) is 45.7 Å². The van der Waals surface area contributed by atoms with E-state index in [0.717, 1.165) is 17.9 Å². The molecule has 2 aromatic carbocycles. The van der Waals surface area contributed by atoms with E-state index in [2.05, 4.69) is 58.5 Å². The first-order chi connectivity index (χ1) is 10.1. The third kappa shape index (κ3) is 3.68. The van der Waals surface area contributed by atoms with Gasteiger partial charge in [0.1, 0.15) is 0 Å². The highest BCUT2D eigenvalue weighted by atomic mass is 79.9. The molecule has 0 radical (unpaired) electrons. The molecule has 2 atom stereocenters. The minimum absolute atomic E-state index is 0.351. The normalized spacial score (nSPS) is 19.1. The highest BCUT2D eigenvalue weighted by molar-refractivity contribution is 9.10. The lowest BCUT2D eigenvalue weighted by atomic mass is 9.88. The summed E-state index contributed by atoms with van der Waals surface area (Å²) in [5.74, 6) is 0. The molecule has 0 aliphatic heterocycles. The summed E-state index contributed by atoms with van der Waals surface area (Å²) in [7, 11) is 0. The van der Waals surface area contributed by atoms with Crippen LogP contribution in [-0.2, 0) is 12.8 Å². The Balaban J connectivity index is 1.66. The summed E-state index contributed by atoms with van der Waals surface area (Å²) in [6.07, 6.45) is 3.46. The fraction of sp³-hybridized carbons (Fsp3) is 0.333. The van der Waals surface area contributed by atoms with Gasteiger partial charge in [-0.15, -0.1) is 0 Å². The van der Waals surface area contributed by atoms with Crippen LogP contribution in [0, 0.1) is 0 Å². The van der Waals surface area contributed by atoms with Crippen molar-refractivity contribution >= 4 is 27.5 Å². The molecule has 2 unspecified atom stereocenters. The molecule has 2 aromatic rings. The maximum Gasteiger partial charge on any atom is 0.0406 e. The molecule has 0 heterocycles. The van der Waals surface area contributed by atoms with E-state index in [1.165, 1.54) is 27.6 Å². The predicted octanol–water partition coefficient (Wildman–Crippen LogP) is 5.31. The van der Waals surface area contributed by atoms with Crippen molar-refractivity contribution < 1.29 is 0 Å². The Kier molecular flexibility index (Phi) is 4.68. The van der Waals surface area contributed by atoms with Gasteiger partial charge in [0, 0.05) is 21.6 Å². The molecule has 0 saturated carbocycles. The highest BCUT2D eigenvalue weighted by Gasteiger charge is 2.20. The van der Waals surface area contributed by atoms with Crippen molar-refractivity contribution in [3.05, 3.63) is 68.7 Å². The molecule has 0 spiro atoms. The monoisotopic (exact) mass is 363 g/mol. The molecule has 0 amide bonds. The molecule has 110 valence electrons. The molecule has 1 aliphatic carbocycles. The van der Waals surface area contributed by atoms with E-state index in [0.29, 0.717) is 12.1 Å². The first-order valence-corrected chi connectivity index (χ1v) is 8.58. The fourth-order valence-corrected chi connectivity index (χ4v) is 3.60. The number of hydrogen-bond donors (Lipinski definition) is 1. The third-order valence-corrected chi connectivity index (χ3v) is 5.00. The van der Waals surface area contributed by atoms with Gasteiger partial charge in [-0.3, -0.25) is 0 Å². The van der Waals surface area contributed by atoms with E-state index in [4.69, 9.17) is 11.6 Å². The fourth-order valence-electron chi connectivity index (χ4n) is 3.07. The minimum atomic E-state index is 0.351. The SMILES string of the molecule is CC(NC1CCc2cc(Br)ccc2C1)c1ccc(Cl)cc1. The zero-order valence-corrected chi connectivity index (χ0v) is 14.4. The quantitative estimate of drug-likeness (QED) is 0.778. The Morgan fingerprint density at radius 2 is 1.90 bits per heavy atom. The van der Waals surface area contributed by atoms with Crippen LogP contribution < -0.4 is 5.32 Å². The molecule has 3 rings (SSSR count). The minimum Gasteiger partial charge on any atom is -0.307 e. The topological polar surface area (TPSA) is 12.0 Å². The van der Waals surface area contributed by atoms with E-state index >= 15 is 0 Å². The molecular weight excluding hydrogens is 346 g/mol. The highest BCUT2D eigenvalue weighted by Crippen LogP contribution is 2.26. The van der Waals surface area contributed by atoms with E-state index in [1.807, 2.05) is 12.1 Å². The molecule has 3 heteroatoms. The summed E-state index contributed by atoms with van der Waals surface area (Å²) >= 11 is 9.51. The van der Waals surface area contributed by atoms with Crippen LogP contribution in [0.2, 0.25) is 5.02 Å². The first kappa shape index (κ1) is 15.1. The maximum atomic E-state index is 5.95. The van der Waals surface area contributed by atoms with Crippen molar-refractivity contribution in [2.24, 2.45) is 0 Å². The van der Waals surface area contributed by atoms with Crippen molar-refractivity contribution in [3.8, 4) is 0 Å². The van der Waals surface area contributed by atoms with E-state index in [9.17, 15) is 0 Å². The third-order valence-electron chi connectivity index (χ3n) is 4.25. The van der Waals surface area contributed by atoms with Gasteiger partial charge >= 0.3 is 0 Å². The van der Waals surface area contributed by atoms with Gasteiger partial charge in [0.15, 0.2) is 0 Å². The van der Waals surface area contributed by atoms with Gasteiger partial charge < -0.3 is 5.32 Å². The van der Waals surface area contributed by atoms with Crippen molar-refractivity contribution in [2.75, 3.05) is 0 Å². The van der Waals surface area contributed by atoms with Gasteiger partial charge in [-0.05, 0) is 67.1 Å². The summed E-state index contributed by atoms with van der Waals surface area (Å²) in [5.41, 5.74) is 4.26. The van der Waals surface area contributed by atoms with Crippen LogP contribution in [-0.4, -0.2) is 6.04 Å². The number of hydrogen-bond acceptors (Lipinski definition) is 1. The zero-order chi connectivity index (χ0) is 14.8. The van der Waals surface area contributed by atoms with Crippen LogP contribution in [0.3, 0.4) is 0 Å². The molecule has 0 bridgehead atoms. The molecule has 0 fully saturated rings. The Labute approximate surface area is 139 Å². The zero-order valence-electron chi connectivity index (χ0n) is 12.1. The molecule has 0 saturated heterocycles. The first-order valence-electron chi connectivity index (χ1n) is 7.40. The largest absolute Gasteiger partial charge is 0.307 e. The van der Waals surface area contributed by atoms with Crippen molar-refractivity contribution in [1.29, 1.82) is 0 Å². The van der Waals surface area contributed by atoms with Gasteiger partial charge in [-0.2, -0.15) is 0 Å². The Bertz CT molecular complexity index is 624. The lowest BCUT2D eigenvalue weighted by molar-refractivity contribution is 0.413. The van der Waals surface area contributed by atoms with Crippen LogP contribution in [0.15, 0.2) is 46.9 Å². The van der Waals surface area contributed by atoms with Crippen LogP contribution in [0.1, 0.15) is 36.1 Å². The second kappa shape index (κ2) is 6.51. The van der Waals surface area contributed by atoms with Gasteiger partial charge in [0.05, 0.1) is 0 Å². The van der Waals surface area contributed by atoms with E-state index < -0.39 is 0 Å². The number of benzene rings is 2. The Morgan fingerprint density at radius 1 is 1.14 bits per heavy atom.